The number of carbonyl (C=O) groups is 1. The smallest absolute Gasteiger partial charge is 0.320 e. The Bertz CT molecular complexity index is 1180. The quantitative estimate of drug-likeness (QED) is 0.0776. The zero-order valence-corrected chi connectivity index (χ0v) is 34.0. The molecule has 2 aliphatic carbocycles. The van der Waals surface area contributed by atoms with Crippen LogP contribution in [0.5, 0.6) is 0 Å². The lowest BCUT2D eigenvalue weighted by Gasteiger charge is -2.41. The molecule has 50 heavy (non-hydrogen) atoms. The van der Waals surface area contributed by atoms with E-state index in [1.54, 1.807) is 0 Å². The van der Waals surface area contributed by atoms with Crippen LogP contribution in [0.2, 0.25) is 51.4 Å². The van der Waals surface area contributed by atoms with E-state index in [9.17, 15) is 0 Å². The van der Waals surface area contributed by atoms with Gasteiger partial charge in [-0.05, 0) is 73.6 Å². The van der Waals surface area contributed by atoms with Crippen molar-refractivity contribution in [3.05, 3.63) is 71.8 Å². The van der Waals surface area contributed by atoms with E-state index in [0.717, 1.165) is 25.2 Å². The topological polar surface area (TPSA) is 60.5 Å². The van der Waals surface area contributed by atoms with Gasteiger partial charge in [-0.15, -0.1) is 0 Å². The third-order valence-corrected chi connectivity index (χ3v) is 14.4. The summed E-state index contributed by atoms with van der Waals surface area (Å²) in [7, 11) is -2.53. The number of ether oxygens (including phenoxy) is 4. The highest BCUT2D eigenvalue weighted by atomic mass is 28.3. The van der Waals surface area contributed by atoms with Gasteiger partial charge in [0.25, 0.3) is 0 Å². The van der Waals surface area contributed by atoms with Gasteiger partial charge in [-0.25, -0.2) is 4.79 Å². The third-order valence-electron chi connectivity index (χ3n) is 11.0. The van der Waals surface area contributed by atoms with Crippen LogP contribution in [0.25, 0.3) is 0 Å². The van der Waals surface area contributed by atoms with E-state index in [1.807, 2.05) is 0 Å². The van der Waals surface area contributed by atoms with E-state index in [0.29, 0.717) is 37.9 Å². The molecular formula is C41H66N2O5Si2. The van der Waals surface area contributed by atoms with Gasteiger partial charge >= 0.3 is 6.03 Å². The molecule has 0 aromatic heterocycles. The highest BCUT2D eigenvalue weighted by molar-refractivity contribution is 6.76. The van der Waals surface area contributed by atoms with Crippen LogP contribution in [0.4, 0.5) is 4.79 Å². The fourth-order valence-corrected chi connectivity index (χ4v) is 8.79. The van der Waals surface area contributed by atoms with Crippen molar-refractivity contribution in [2.75, 3.05) is 39.9 Å². The van der Waals surface area contributed by atoms with Gasteiger partial charge < -0.3 is 28.7 Å². The Morgan fingerprint density at radius 1 is 0.600 bits per heavy atom. The maximum atomic E-state index is 15.2. The fraction of sp³-hybridized carbons (Fsp3) is 0.683. The zero-order chi connectivity index (χ0) is 35.6. The predicted molar refractivity (Wildman–Crippen MR) is 209 cm³/mol. The Labute approximate surface area is 305 Å². The molecule has 1 heterocycles. The van der Waals surface area contributed by atoms with Crippen LogP contribution >= 0.6 is 0 Å². The first-order valence-corrected chi connectivity index (χ1v) is 26.9. The Morgan fingerprint density at radius 3 is 1.30 bits per heavy atom. The van der Waals surface area contributed by atoms with Crippen molar-refractivity contribution in [3.8, 4) is 0 Å². The molecule has 1 saturated heterocycles. The van der Waals surface area contributed by atoms with Crippen LogP contribution < -0.4 is 0 Å². The number of nitrogens with zero attached hydrogens (tertiary/aromatic N) is 2. The van der Waals surface area contributed by atoms with Crippen molar-refractivity contribution in [2.45, 2.75) is 127 Å². The van der Waals surface area contributed by atoms with Gasteiger partial charge in [-0.3, -0.25) is 0 Å². The third kappa shape index (κ3) is 12.0. The molecule has 2 aromatic carbocycles. The molecule has 278 valence electrons. The molecule has 2 aromatic rings. The molecule has 4 atom stereocenters. The van der Waals surface area contributed by atoms with Gasteiger partial charge in [0.05, 0.1) is 12.1 Å². The fourth-order valence-electron chi connectivity index (χ4n) is 7.28. The lowest BCUT2D eigenvalue weighted by atomic mass is 9.84. The molecule has 9 heteroatoms. The van der Waals surface area contributed by atoms with E-state index in [2.05, 4.69) is 110 Å². The van der Waals surface area contributed by atoms with E-state index < -0.39 is 28.4 Å². The average Bonchev–Trinajstić information content (AvgIpc) is 3.09. The maximum Gasteiger partial charge on any atom is 0.320 e. The Kier molecular flexibility index (Phi) is 14.6. The zero-order valence-electron chi connectivity index (χ0n) is 32.0. The first-order valence-electron chi connectivity index (χ1n) is 19.5. The van der Waals surface area contributed by atoms with Gasteiger partial charge in [-0.1, -0.05) is 113 Å². The lowest BCUT2D eigenvalue weighted by molar-refractivity contribution is -0.188. The standard InChI is InChI=1S/C41H66N2O5Si2/c1-49(2,3)25-23-45-31-47-39-37(27-33-15-9-7-10-16-33)42(29-35-19-13-20-35)41(44)43(30-36-21-14-22-36)38(28-34-17-11-8-12-18-34)40(39)48-32-46-24-26-50(4,5)6/h7-12,15-18,35-40H,13-14,19-32H2,1-6H3/t37-,38-,39+,40+/m1/s1. The predicted octanol–water partition coefficient (Wildman–Crippen LogP) is 8.94. The van der Waals surface area contributed by atoms with Crippen molar-refractivity contribution < 1.29 is 23.7 Å². The molecular weight excluding hydrogens is 657 g/mol. The molecule has 3 aliphatic rings. The van der Waals surface area contributed by atoms with E-state index >= 15 is 4.79 Å². The molecule has 2 amide bonds. The van der Waals surface area contributed by atoms with Crippen LogP contribution in [-0.4, -0.2) is 96.2 Å². The summed E-state index contributed by atoms with van der Waals surface area (Å²) in [5.41, 5.74) is 2.41. The summed E-state index contributed by atoms with van der Waals surface area (Å²) in [6.45, 7) is 17.5. The van der Waals surface area contributed by atoms with Gasteiger partial charge in [0, 0.05) is 42.5 Å². The molecule has 0 bridgehead atoms. The SMILES string of the molecule is C[Si](C)(C)CCOCO[C@@H]1[C@@H](OCOCC[Si](C)(C)C)[C@@H](Cc2ccccc2)N(CC2CCC2)C(=O)N(CC2CCC2)[C@@H]1Cc1ccccc1. The number of carbonyl (C=O) groups excluding carboxylic acids is 1. The summed E-state index contributed by atoms with van der Waals surface area (Å²) in [6.07, 6.45) is 7.78. The molecule has 0 radical (unpaired) electrons. The molecule has 5 rings (SSSR count). The first kappa shape index (κ1) is 39.2. The summed E-state index contributed by atoms with van der Waals surface area (Å²) in [4.78, 5) is 19.7. The lowest BCUT2D eigenvalue weighted by Crippen LogP contribution is -2.54. The van der Waals surface area contributed by atoms with Crippen LogP contribution in [0, 0.1) is 11.8 Å². The number of hydrogen-bond donors (Lipinski definition) is 0. The maximum absolute atomic E-state index is 15.2. The van der Waals surface area contributed by atoms with Crippen molar-refractivity contribution >= 4 is 22.2 Å². The normalized spacial score (nSPS) is 23.8. The summed E-state index contributed by atoms with van der Waals surface area (Å²) in [5, 5.41) is 0. The van der Waals surface area contributed by atoms with E-state index in [-0.39, 0.29) is 31.7 Å². The minimum absolute atomic E-state index is 0.143. The Hall–Kier alpha value is -2.02. The Balaban J connectivity index is 1.54. The number of benzene rings is 2. The van der Waals surface area contributed by atoms with Crippen LogP contribution in [0.15, 0.2) is 60.7 Å². The second-order valence-corrected chi connectivity index (χ2v) is 28.9. The molecule has 0 spiro atoms. The summed E-state index contributed by atoms with van der Waals surface area (Å²) < 4.78 is 26.4. The number of hydrogen-bond acceptors (Lipinski definition) is 5. The highest BCUT2D eigenvalue weighted by Gasteiger charge is 2.50. The second-order valence-electron chi connectivity index (χ2n) is 17.6. The largest absolute Gasteiger partial charge is 0.356 e. The highest BCUT2D eigenvalue weighted by Crippen LogP contribution is 2.37. The van der Waals surface area contributed by atoms with Crippen LogP contribution in [0.1, 0.15) is 49.7 Å². The van der Waals surface area contributed by atoms with Crippen molar-refractivity contribution in [2.24, 2.45) is 11.8 Å². The monoisotopic (exact) mass is 722 g/mol. The molecule has 0 N–H and O–H groups in total. The van der Waals surface area contributed by atoms with Gasteiger partial charge in [-0.2, -0.15) is 0 Å². The minimum Gasteiger partial charge on any atom is -0.356 e. The van der Waals surface area contributed by atoms with Gasteiger partial charge in [0.15, 0.2) is 0 Å². The van der Waals surface area contributed by atoms with Gasteiger partial charge in [0.1, 0.15) is 25.8 Å². The second kappa shape index (κ2) is 18.7. The average molecular weight is 723 g/mol. The summed E-state index contributed by atoms with van der Waals surface area (Å²) in [5.74, 6) is 1.04. The van der Waals surface area contributed by atoms with Crippen molar-refractivity contribution in [1.82, 2.24) is 9.80 Å². The molecule has 2 saturated carbocycles. The number of rotatable bonds is 20. The Morgan fingerprint density at radius 2 is 0.980 bits per heavy atom. The van der Waals surface area contributed by atoms with Gasteiger partial charge in [0.2, 0.25) is 0 Å². The van der Waals surface area contributed by atoms with E-state index in [1.165, 1.54) is 49.7 Å². The molecule has 7 nitrogen and oxygen atoms in total. The van der Waals surface area contributed by atoms with Crippen molar-refractivity contribution in [3.63, 3.8) is 0 Å². The summed E-state index contributed by atoms with van der Waals surface area (Å²) >= 11 is 0. The summed E-state index contributed by atoms with van der Waals surface area (Å²) in [6, 6.07) is 23.1. The van der Waals surface area contributed by atoms with Crippen molar-refractivity contribution in [1.29, 1.82) is 0 Å². The van der Waals surface area contributed by atoms with Crippen LogP contribution in [-0.2, 0) is 31.8 Å². The minimum atomic E-state index is -1.26. The molecule has 3 fully saturated rings. The molecule has 0 unspecified atom stereocenters. The number of amides is 2. The van der Waals surface area contributed by atoms with Crippen LogP contribution in [0.3, 0.4) is 0 Å². The number of urea groups is 1. The van der Waals surface area contributed by atoms with E-state index in [4.69, 9.17) is 18.9 Å². The molecule has 1 aliphatic heterocycles. The first-order chi connectivity index (χ1) is 24.0.